The zero-order valence-corrected chi connectivity index (χ0v) is 85.4. The Morgan fingerprint density at radius 2 is 0.230 bits per heavy atom. The fourth-order valence-electron chi connectivity index (χ4n) is 16.7. The van der Waals surface area contributed by atoms with E-state index in [1.165, 1.54) is 449 Å². The smallest absolute Gasteiger partial charge is 0.550 e. The molecule has 720 valence electrons. The summed E-state index contributed by atoms with van der Waals surface area (Å²) < 4.78 is 23.7. The Kier molecular flexibility index (Phi) is 115. The fourth-order valence-corrected chi connectivity index (χ4v) is 18.5. The van der Waals surface area contributed by atoms with Crippen LogP contribution < -0.4 is 10.2 Å². The quantitative estimate of drug-likeness (QED) is 0.0415. The molecule has 0 aromatic carbocycles. The minimum absolute atomic E-state index is 0. The van der Waals surface area contributed by atoms with E-state index in [0.29, 0.717) is 25.7 Å². The van der Waals surface area contributed by atoms with Crippen molar-refractivity contribution in [3.05, 3.63) is 0 Å². The van der Waals surface area contributed by atoms with Crippen molar-refractivity contribution in [1.82, 2.24) is 0 Å². The van der Waals surface area contributed by atoms with E-state index in [2.05, 4.69) is 41.5 Å². The van der Waals surface area contributed by atoms with Gasteiger partial charge in [0.15, 0.2) is 0 Å². The first-order chi connectivity index (χ1) is 59.4. The van der Waals surface area contributed by atoms with E-state index in [0.717, 1.165) is 103 Å². The Morgan fingerprint density at radius 1 is 0.148 bits per heavy atom. The molecule has 0 spiro atoms. The molecule has 12 nitrogen and oxygen atoms in total. The normalized spacial score (nSPS) is 11.3. The first kappa shape index (κ1) is 126. The van der Waals surface area contributed by atoms with Gasteiger partial charge in [-0.3, -0.25) is 19.2 Å². The van der Waals surface area contributed by atoms with Crippen molar-refractivity contribution in [2.45, 2.75) is 658 Å². The summed E-state index contributed by atoms with van der Waals surface area (Å²) in [5.41, 5.74) is 0. The molecule has 14 heteroatoms. The Morgan fingerprint density at radius 3 is 0.320 bits per heavy atom. The zero-order chi connectivity index (χ0) is 88.7. The number of rotatable bonds is 100. The van der Waals surface area contributed by atoms with E-state index >= 15 is 0 Å². The van der Waals surface area contributed by atoms with Gasteiger partial charge in [-0.05, 0) is 51.4 Å². The van der Waals surface area contributed by atoms with Crippen LogP contribution in [0.3, 0.4) is 0 Å². The predicted octanol–water partition coefficient (Wildman–Crippen LogP) is 34.3. The molecule has 0 saturated carbocycles. The fraction of sp³-hybridized carbons (Fsp3) is 0.944. The average molecular weight is 1750 g/mol. The molecular weight excluding hydrogens is 1540 g/mol. The minimum atomic E-state index is -4.88. The summed E-state index contributed by atoms with van der Waals surface area (Å²) in [6.07, 6.45) is 113. The van der Waals surface area contributed by atoms with Crippen LogP contribution in [0.4, 0.5) is 0 Å². The van der Waals surface area contributed by atoms with Crippen molar-refractivity contribution in [3.63, 3.8) is 0 Å². The van der Waals surface area contributed by atoms with Crippen molar-refractivity contribution in [1.29, 1.82) is 0 Å². The van der Waals surface area contributed by atoms with Gasteiger partial charge in [0.25, 0.3) is 23.9 Å². The van der Waals surface area contributed by atoms with Crippen molar-refractivity contribution >= 4 is 67.9 Å². The summed E-state index contributed by atoms with van der Waals surface area (Å²) in [6, 6.07) is 0. The Labute approximate surface area is 777 Å². The number of unbranched alkanes of at least 4 members (excludes halogenated alkanes) is 84. The Hall–Kier alpha value is -2.20. The summed E-state index contributed by atoms with van der Waals surface area (Å²) in [7, 11) is -4.88. The van der Waals surface area contributed by atoms with Gasteiger partial charge in [0.1, 0.15) is 0 Å². The van der Waals surface area contributed by atoms with E-state index in [1.807, 2.05) is 0 Å². The molecule has 0 aliphatic heterocycles. The van der Waals surface area contributed by atoms with Crippen molar-refractivity contribution < 1.29 is 56.7 Å². The second-order valence-corrected chi connectivity index (χ2v) is 39.2. The molecule has 0 aromatic rings. The van der Waals surface area contributed by atoms with Gasteiger partial charge in [0, 0.05) is 37.6 Å². The predicted molar refractivity (Wildman–Crippen MR) is 523 cm³/mol. The molecule has 0 radical (unpaired) electrons. The van der Waals surface area contributed by atoms with E-state index in [1.54, 1.807) is 0 Å². The summed E-state index contributed by atoms with van der Waals surface area (Å²) in [5.74, 6) is -4.38. The molecule has 0 aliphatic carbocycles. The molecule has 122 heavy (non-hydrogen) atoms. The van der Waals surface area contributed by atoms with Crippen molar-refractivity contribution in [2.24, 2.45) is 0 Å². The SMILES string of the molecule is CCCCCCCCCCCCCCCCCC(=O)O[Si](OC(=O)CCCCCCCCCCCCCCCCC)(OC(=O)CCCCCCCCCCCCCCCCC)OC(=O)CCCCCCCCCCCCCCCCC.CCCCCCCCCCCCCCCCCC(=O)[O-].CCCCCCCCCCCCCCCCCC(=O)[O-].[Mg+2]. The van der Waals surface area contributed by atoms with E-state index < -0.39 is 44.9 Å². The molecule has 0 aromatic heterocycles. The van der Waals surface area contributed by atoms with Crippen molar-refractivity contribution in [3.8, 4) is 0 Å². The molecule has 0 rings (SSSR count). The van der Waals surface area contributed by atoms with Gasteiger partial charge in [0.05, 0.1) is 0 Å². The molecule has 0 N–H and O–H groups in total. The number of carbonyl (C=O) groups excluding carboxylic acids is 6. The molecule has 0 unspecified atom stereocenters. The third-order valence-electron chi connectivity index (χ3n) is 24.9. The number of carboxylic acids is 2. The number of aliphatic carboxylic acids is 2. The Bertz CT molecular complexity index is 1840. The standard InChI is InChI=1S/C72H140O8Si.2C18H36O2.Mg/c1-5-9-13-17-21-25-29-33-37-41-45-49-53-57-61-65-69(73)77-81(78-70(74)66-62-58-54-50-46-42-38-34-30-26-22-18-14-10-6-2,79-71(75)67-63-59-55-51-47-43-39-35-31-27-23-19-15-11-7-3)80-72(76)68-64-60-56-52-48-44-40-36-32-28-24-20-16-12-8-4;2*1-2-3-4-5-6-7-8-9-10-11-12-13-14-15-16-17-18(19)20;/h5-68H2,1-4H3;2*2-17H2,1H3,(H,19,20);/q;;;+2/p-2. The van der Waals surface area contributed by atoms with Crippen LogP contribution in [0.2, 0.25) is 0 Å². The molecule has 0 aliphatic rings. The van der Waals surface area contributed by atoms with Crippen molar-refractivity contribution in [2.75, 3.05) is 0 Å². The van der Waals surface area contributed by atoms with Gasteiger partial charge in [0.2, 0.25) is 0 Å². The van der Waals surface area contributed by atoms with E-state index in [4.69, 9.17) is 17.7 Å². The van der Waals surface area contributed by atoms with Gasteiger partial charge in [-0.25, -0.2) is 0 Å². The van der Waals surface area contributed by atoms with Gasteiger partial charge in [-0.1, -0.05) is 581 Å². The number of hydrogen-bond donors (Lipinski definition) is 0. The maximum Gasteiger partial charge on any atom is 2.00 e. The van der Waals surface area contributed by atoms with Crippen LogP contribution in [0.1, 0.15) is 658 Å². The topological polar surface area (TPSA) is 185 Å². The molecule has 0 atom stereocenters. The molecule has 0 heterocycles. The largest absolute Gasteiger partial charge is 2.00 e. The van der Waals surface area contributed by atoms with Crippen LogP contribution in [0.15, 0.2) is 0 Å². The summed E-state index contributed by atoms with van der Waals surface area (Å²) in [5, 5.41) is 20.4. The van der Waals surface area contributed by atoms with E-state index in [9.17, 15) is 39.0 Å². The molecular formula is C108H210MgO12Si. The maximum absolute atomic E-state index is 13.7. The first-order valence-electron chi connectivity index (χ1n) is 54.6. The Balaban J connectivity index is -0.00000137. The minimum Gasteiger partial charge on any atom is -0.550 e. The van der Waals surface area contributed by atoms with Crippen LogP contribution in [0, 0.1) is 0 Å². The third kappa shape index (κ3) is 112. The third-order valence-corrected chi connectivity index (χ3v) is 26.8. The van der Waals surface area contributed by atoms with Crippen LogP contribution in [-0.4, -0.2) is 67.9 Å². The second-order valence-electron chi connectivity index (χ2n) is 37.3. The monoisotopic (exact) mass is 1750 g/mol. The van der Waals surface area contributed by atoms with Gasteiger partial charge in [-0.15, -0.1) is 0 Å². The van der Waals surface area contributed by atoms with Crippen LogP contribution in [-0.2, 0) is 46.5 Å². The number of carboxylic acid groups (broad SMARTS) is 2. The summed E-state index contributed by atoms with van der Waals surface area (Å²) in [4.78, 5) is 75.2. The van der Waals surface area contributed by atoms with E-state index in [-0.39, 0.29) is 61.6 Å². The van der Waals surface area contributed by atoms with Gasteiger partial charge < -0.3 is 37.5 Å². The van der Waals surface area contributed by atoms with Crippen LogP contribution in [0.25, 0.3) is 0 Å². The number of hydrogen-bond acceptors (Lipinski definition) is 12. The summed E-state index contributed by atoms with van der Waals surface area (Å²) in [6.45, 7) is 13.6. The first-order valence-corrected chi connectivity index (χ1v) is 56.3. The van der Waals surface area contributed by atoms with Gasteiger partial charge in [-0.2, -0.15) is 0 Å². The second kappa shape index (κ2) is 111. The van der Waals surface area contributed by atoms with Crippen LogP contribution in [0.5, 0.6) is 0 Å². The molecule has 0 bridgehead atoms. The maximum atomic E-state index is 13.7. The zero-order valence-electron chi connectivity index (χ0n) is 83.0. The summed E-state index contributed by atoms with van der Waals surface area (Å²) >= 11 is 0. The molecule has 0 amide bonds. The van der Waals surface area contributed by atoms with Crippen LogP contribution >= 0.6 is 0 Å². The average Bonchev–Trinajstić information content (AvgIpc) is 0.827. The number of carbonyl (C=O) groups is 6. The molecule has 0 saturated heterocycles. The molecule has 0 fully saturated rings. The van der Waals surface area contributed by atoms with Gasteiger partial charge >= 0.3 is 32.1 Å².